The third kappa shape index (κ3) is 1.57. The van der Waals surface area contributed by atoms with Gasteiger partial charge in [0.05, 0.1) is 6.26 Å². The molecule has 0 aliphatic carbocycles. The predicted molar refractivity (Wildman–Crippen MR) is 51.9 cm³/mol. The monoisotopic (exact) mass is 187 g/mol. The van der Waals surface area contributed by atoms with Crippen LogP contribution in [-0.4, -0.2) is 10.8 Å². The first-order valence-electron chi connectivity index (χ1n) is 4.28. The van der Waals surface area contributed by atoms with Crippen molar-refractivity contribution in [1.29, 1.82) is 0 Å². The van der Waals surface area contributed by atoms with Gasteiger partial charge in [-0.25, -0.2) is 0 Å². The van der Waals surface area contributed by atoms with Crippen LogP contribution in [0, 0.1) is 0 Å². The molecular weight excluding hydrogens is 178 g/mol. The van der Waals surface area contributed by atoms with Crippen molar-refractivity contribution >= 4 is 5.78 Å². The van der Waals surface area contributed by atoms with Crippen molar-refractivity contribution in [2.45, 2.75) is 6.92 Å². The zero-order valence-corrected chi connectivity index (χ0v) is 7.73. The van der Waals surface area contributed by atoms with Crippen molar-refractivity contribution in [3.8, 4) is 11.3 Å². The maximum absolute atomic E-state index is 11.0. The molecular formula is C11H9NO2. The molecule has 2 aromatic rings. The minimum Gasteiger partial charge on any atom is -0.464 e. The van der Waals surface area contributed by atoms with E-state index in [2.05, 4.69) is 4.98 Å². The topological polar surface area (TPSA) is 43.1 Å². The molecule has 3 heteroatoms. The molecule has 0 atom stereocenters. The second kappa shape index (κ2) is 3.46. The SMILES string of the molecule is CC(=O)c1ccc(-c2ccco2)cn1. The average Bonchev–Trinajstić information content (AvgIpc) is 2.71. The average molecular weight is 187 g/mol. The van der Waals surface area contributed by atoms with Gasteiger partial charge in [-0.05, 0) is 24.3 Å². The molecule has 3 nitrogen and oxygen atoms in total. The molecule has 2 rings (SSSR count). The van der Waals surface area contributed by atoms with E-state index >= 15 is 0 Å². The summed E-state index contributed by atoms with van der Waals surface area (Å²) in [6.07, 6.45) is 3.24. The summed E-state index contributed by atoms with van der Waals surface area (Å²) >= 11 is 0. The molecule has 2 heterocycles. The number of furan rings is 1. The van der Waals surface area contributed by atoms with E-state index in [0.29, 0.717) is 5.69 Å². The number of hydrogen-bond donors (Lipinski definition) is 0. The number of carbonyl (C=O) groups is 1. The lowest BCUT2D eigenvalue weighted by atomic mass is 10.2. The molecule has 0 saturated heterocycles. The van der Waals surface area contributed by atoms with Crippen LogP contribution in [-0.2, 0) is 0 Å². The fourth-order valence-corrected chi connectivity index (χ4v) is 1.19. The number of ketones is 1. The minimum atomic E-state index is -0.0315. The van der Waals surface area contributed by atoms with Crippen LogP contribution < -0.4 is 0 Å². The Morgan fingerprint density at radius 1 is 1.36 bits per heavy atom. The first kappa shape index (κ1) is 8.69. The Kier molecular flexibility index (Phi) is 2.14. The van der Waals surface area contributed by atoms with Gasteiger partial charge in [0, 0.05) is 18.7 Å². The number of hydrogen-bond acceptors (Lipinski definition) is 3. The molecule has 0 radical (unpaired) electrons. The van der Waals surface area contributed by atoms with Crippen LogP contribution in [0.5, 0.6) is 0 Å². The minimum absolute atomic E-state index is 0.0315. The molecule has 0 aliphatic heterocycles. The molecule has 0 bridgehead atoms. The van der Waals surface area contributed by atoms with E-state index in [1.807, 2.05) is 18.2 Å². The van der Waals surface area contributed by atoms with E-state index in [9.17, 15) is 4.79 Å². The van der Waals surface area contributed by atoms with Gasteiger partial charge >= 0.3 is 0 Å². The van der Waals surface area contributed by atoms with Crippen molar-refractivity contribution in [1.82, 2.24) is 4.98 Å². The summed E-state index contributed by atoms with van der Waals surface area (Å²) < 4.78 is 5.19. The third-order valence-electron chi connectivity index (χ3n) is 1.93. The Morgan fingerprint density at radius 3 is 2.71 bits per heavy atom. The summed E-state index contributed by atoms with van der Waals surface area (Å²) in [6, 6.07) is 7.18. The molecule has 0 aromatic carbocycles. The number of aromatic nitrogens is 1. The van der Waals surface area contributed by atoms with E-state index in [-0.39, 0.29) is 5.78 Å². The van der Waals surface area contributed by atoms with Gasteiger partial charge in [-0.2, -0.15) is 0 Å². The predicted octanol–water partition coefficient (Wildman–Crippen LogP) is 2.54. The Hall–Kier alpha value is -1.90. The van der Waals surface area contributed by atoms with Crippen molar-refractivity contribution < 1.29 is 9.21 Å². The maximum atomic E-state index is 11.0. The number of pyridine rings is 1. The van der Waals surface area contributed by atoms with Crippen LogP contribution in [0.2, 0.25) is 0 Å². The van der Waals surface area contributed by atoms with Crippen LogP contribution in [0.25, 0.3) is 11.3 Å². The van der Waals surface area contributed by atoms with Crippen LogP contribution in [0.15, 0.2) is 41.1 Å². The lowest BCUT2D eigenvalue weighted by Crippen LogP contribution is -1.95. The summed E-state index contributed by atoms with van der Waals surface area (Å²) in [5.41, 5.74) is 1.35. The van der Waals surface area contributed by atoms with Crippen LogP contribution in [0.4, 0.5) is 0 Å². The van der Waals surface area contributed by atoms with Crippen molar-refractivity contribution in [3.05, 3.63) is 42.4 Å². The highest BCUT2D eigenvalue weighted by atomic mass is 16.3. The lowest BCUT2D eigenvalue weighted by Gasteiger charge is -1.97. The smallest absolute Gasteiger partial charge is 0.178 e. The third-order valence-corrected chi connectivity index (χ3v) is 1.93. The van der Waals surface area contributed by atoms with E-state index in [1.165, 1.54) is 6.92 Å². The first-order valence-corrected chi connectivity index (χ1v) is 4.28. The highest BCUT2D eigenvalue weighted by Gasteiger charge is 2.03. The quantitative estimate of drug-likeness (QED) is 0.678. The number of Topliss-reactive ketones (excluding diaryl/α,β-unsaturated/α-hetero) is 1. The summed E-state index contributed by atoms with van der Waals surface area (Å²) in [5.74, 6) is 0.726. The summed E-state index contributed by atoms with van der Waals surface area (Å²) in [6.45, 7) is 1.49. The summed E-state index contributed by atoms with van der Waals surface area (Å²) in [5, 5.41) is 0. The molecule has 0 saturated carbocycles. The fourth-order valence-electron chi connectivity index (χ4n) is 1.19. The Bertz CT molecular complexity index is 429. The molecule has 0 spiro atoms. The molecule has 70 valence electrons. The van der Waals surface area contributed by atoms with E-state index in [0.717, 1.165) is 11.3 Å². The van der Waals surface area contributed by atoms with Crippen molar-refractivity contribution in [3.63, 3.8) is 0 Å². The van der Waals surface area contributed by atoms with Gasteiger partial charge in [-0.15, -0.1) is 0 Å². The molecule has 2 aromatic heterocycles. The highest BCUT2D eigenvalue weighted by molar-refractivity contribution is 5.92. The highest BCUT2D eigenvalue weighted by Crippen LogP contribution is 2.18. The number of rotatable bonds is 2. The molecule has 0 N–H and O–H groups in total. The normalized spacial score (nSPS) is 10.1. The molecule has 14 heavy (non-hydrogen) atoms. The Morgan fingerprint density at radius 2 is 2.21 bits per heavy atom. The number of nitrogens with zero attached hydrogens (tertiary/aromatic N) is 1. The van der Waals surface area contributed by atoms with Gasteiger partial charge in [0.15, 0.2) is 5.78 Å². The van der Waals surface area contributed by atoms with Crippen LogP contribution >= 0.6 is 0 Å². The van der Waals surface area contributed by atoms with Gasteiger partial charge in [-0.3, -0.25) is 9.78 Å². The zero-order chi connectivity index (χ0) is 9.97. The van der Waals surface area contributed by atoms with Crippen LogP contribution in [0.3, 0.4) is 0 Å². The van der Waals surface area contributed by atoms with Gasteiger partial charge in [0.25, 0.3) is 0 Å². The molecule has 0 aliphatic rings. The Balaban J connectivity index is 2.36. The zero-order valence-electron chi connectivity index (χ0n) is 7.73. The first-order chi connectivity index (χ1) is 6.77. The molecule has 0 amide bonds. The van der Waals surface area contributed by atoms with Gasteiger partial charge in [-0.1, -0.05) is 0 Å². The van der Waals surface area contributed by atoms with Gasteiger partial charge in [0.1, 0.15) is 11.5 Å². The number of carbonyl (C=O) groups excluding carboxylic acids is 1. The largest absolute Gasteiger partial charge is 0.464 e. The second-order valence-corrected chi connectivity index (χ2v) is 2.97. The van der Waals surface area contributed by atoms with Crippen molar-refractivity contribution in [2.75, 3.05) is 0 Å². The van der Waals surface area contributed by atoms with E-state index in [4.69, 9.17) is 4.42 Å². The van der Waals surface area contributed by atoms with Crippen molar-refractivity contribution in [2.24, 2.45) is 0 Å². The van der Waals surface area contributed by atoms with E-state index in [1.54, 1.807) is 18.5 Å². The van der Waals surface area contributed by atoms with Crippen LogP contribution in [0.1, 0.15) is 17.4 Å². The fraction of sp³-hybridized carbons (Fsp3) is 0.0909. The van der Waals surface area contributed by atoms with Gasteiger partial charge in [0.2, 0.25) is 0 Å². The lowest BCUT2D eigenvalue weighted by molar-refractivity contribution is 0.101. The molecule has 0 fully saturated rings. The molecule has 0 unspecified atom stereocenters. The Labute approximate surface area is 81.4 Å². The standard InChI is InChI=1S/C11H9NO2/c1-8(13)10-5-4-9(7-12-10)11-3-2-6-14-11/h2-7H,1H3. The summed E-state index contributed by atoms with van der Waals surface area (Å²) in [4.78, 5) is 15.0. The van der Waals surface area contributed by atoms with Gasteiger partial charge < -0.3 is 4.42 Å². The van der Waals surface area contributed by atoms with E-state index < -0.39 is 0 Å². The maximum Gasteiger partial charge on any atom is 0.178 e. The summed E-state index contributed by atoms with van der Waals surface area (Å²) in [7, 11) is 0. The second-order valence-electron chi connectivity index (χ2n) is 2.97.